The molecule has 98 valence electrons. The molecule has 0 bridgehead atoms. The summed E-state index contributed by atoms with van der Waals surface area (Å²) in [5.74, 6) is 0.179. The van der Waals surface area contributed by atoms with Gasteiger partial charge < -0.3 is 10.6 Å². The highest BCUT2D eigenvalue weighted by atomic mass is 16.2. The standard InChI is InChI=1S/C14H21N3O/c1-14(2)9-11(15)10-17(14)13(18)7-6-12-5-3-4-8-16-12/h3-5,8,11H,6-7,9-10,15H2,1-2H3. The molecule has 0 spiro atoms. The van der Waals surface area contributed by atoms with Gasteiger partial charge in [0, 0.05) is 36.4 Å². The molecule has 0 aromatic carbocycles. The molecule has 1 amide bonds. The van der Waals surface area contributed by atoms with E-state index in [1.165, 1.54) is 0 Å². The second kappa shape index (κ2) is 5.06. The minimum Gasteiger partial charge on any atom is -0.336 e. The van der Waals surface area contributed by atoms with Gasteiger partial charge in [0.25, 0.3) is 0 Å². The first-order chi connectivity index (χ1) is 8.49. The largest absolute Gasteiger partial charge is 0.336 e. The summed E-state index contributed by atoms with van der Waals surface area (Å²) in [6.45, 7) is 4.84. The van der Waals surface area contributed by atoms with Gasteiger partial charge in [-0.25, -0.2) is 0 Å². The predicted octanol–water partition coefficient (Wildman–Crippen LogP) is 1.35. The summed E-state index contributed by atoms with van der Waals surface area (Å²) in [6.07, 6.45) is 3.84. The number of hydrogen-bond acceptors (Lipinski definition) is 3. The van der Waals surface area contributed by atoms with Crippen LogP contribution in [-0.4, -0.2) is 33.9 Å². The van der Waals surface area contributed by atoms with E-state index in [9.17, 15) is 4.79 Å². The van der Waals surface area contributed by atoms with E-state index in [2.05, 4.69) is 18.8 Å². The molecule has 1 unspecified atom stereocenters. The Kier molecular flexibility index (Phi) is 3.66. The highest BCUT2D eigenvalue weighted by molar-refractivity contribution is 5.77. The van der Waals surface area contributed by atoms with Crippen molar-refractivity contribution in [1.82, 2.24) is 9.88 Å². The lowest BCUT2D eigenvalue weighted by molar-refractivity contribution is -0.134. The molecule has 1 aliphatic heterocycles. The molecular formula is C14H21N3O. The fraction of sp³-hybridized carbons (Fsp3) is 0.571. The lowest BCUT2D eigenvalue weighted by Gasteiger charge is -2.31. The average molecular weight is 247 g/mol. The summed E-state index contributed by atoms with van der Waals surface area (Å²) in [5.41, 5.74) is 6.79. The van der Waals surface area contributed by atoms with Gasteiger partial charge in [-0.3, -0.25) is 9.78 Å². The lowest BCUT2D eigenvalue weighted by atomic mass is 10.00. The minimum atomic E-state index is -0.110. The number of hydrogen-bond donors (Lipinski definition) is 1. The molecule has 1 fully saturated rings. The normalized spacial score (nSPS) is 22.2. The maximum atomic E-state index is 12.2. The molecule has 2 rings (SSSR count). The molecule has 4 nitrogen and oxygen atoms in total. The van der Waals surface area contributed by atoms with E-state index >= 15 is 0 Å². The molecule has 1 aliphatic rings. The molecule has 1 atom stereocenters. The van der Waals surface area contributed by atoms with E-state index < -0.39 is 0 Å². The van der Waals surface area contributed by atoms with Crippen molar-refractivity contribution in [2.75, 3.05) is 6.54 Å². The van der Waals surface area contributed by atoms with Crippen LogP contribution in [0, 0.1) is 0 Å². The number of nitrogens with two attached hydrogens (primary N) is 1. The summed E-state index contributed by atoms with van der Waals surface area (Å²) >= 11 is 0. The van der Waals surface area contributed by atoms with Gasteiger partial charge in [-0.1, -0.05) is 6.07 Å². The number of nitrogens with zero attached hydrogens (tertiary/aromatic N) is 2. The van der Waals surface area contributed by atoms with Gasteiger partial charge in [0.2, 0.25) is 5.91 Å². The molecule has 0 radical (unpaired) electrons. The van der Waals surface area contributed by atoms with Crippen molar-refractivity contribution in [1.29, 1.82) is 0 Å². The molecule has 1 aromatic heterocycles. The van der Waals surface area contributed by atoms with Crippen molar-refractivity contribution in [2.24, 2.45) is 5.73 Å². The topological polar surface area (TPSA) is 59.2 Å². The lowest BCUT2D eigenvalue weighted by Crippen LogP contribution is -2.43. The van der Waals surface area contributed by atoms with Crippen molar-refractivity contribution >= 4 is 5.91 Å². The van der Waals surface area contributed by atoms with Crippen LogP contribution in [0.1, 0.15) is 32.4 Å². The minimum absolute atomic E-state index is 0.110. The molecule has 0 saturated carbocycles. The molecule has 0 aliphatic carbocycles. The summed E-state index contributed by atoms with van der Waals surface area (Å²) in [7, 11) is 0. The van der Waals surface area contributed by atoms with E-state index in [-0.39, 0.29) is 17.5 Å². The average Bonchev–Trinajstić information content (AvgIpc) is 2.61. The number of aryl methyl sites for hydroxylation is 1. The molecule has 4 heteroatoms. The monoisotopic (exact) mass is 247 g/mol. The van der Waals surface area contributed by atoms with Gasteiger partial charge in [-0.05, 0) is 38.8 Å². The first kappa shape index (κ1) is 13.0. The number of carbonyl (C=O) groups excluding carboxylic acids is 1. The Labute approximate surface area is 108 Å². The number of likely N-dealkylation sites (tertiary alicyclic amines) is 1. The van der Waals surface area contributed by atoms with Crippen LogP contribution < -0.4 is 5.73 Å². The van der Waals surface area contributed by atoms with Crippen molar-refractivity contribution in [3.05, 3.63) is 30.1 Å². The molecule has 1 saturated heterocycles. The van der Waals surface area contributed by atoms with Crippen molar-refractivity contribution in [3.8, 4) is 0 Å². The van der Waals surface area contributed by atoms with Gasteiger partial charge in [0.05, 0.1) is 0 Å². The van der Waals surface area contributed by atoms with Crippen LogP contribution >= 0.6 is 0 Å². The van der Waals surface area contributed by atoms with Gasteiger partial charge >= 0.3 is 0 Å². The van der Waals surface area contributed by atoms with Gasteiger partial charge in [-0.2, -0.15) is 0 Å². The van der Waals surface area contributed by atoms with Crippen LogP contribution in [0.3, 0.4) is 0 Å². The Morgan fingerprint density at radius 2 is 2.33 bits per heavy atom. The molecule has 1 aromatic rings. The number of amides is 1. The Morgan fingerprint density at radius 3 is 2.89 bits per heavy atom. The Balaban J connectivity index is 1.93. The van der Waals surface area contributed by atoms with Crippen LogP contribution in [0.4, 0.5) is 0 Å². The molecule has 2 heterocycles. The molecule has 18 heavy (non-hydrogen) atoms. The summed E-state index contributed by atoms with van der Waals surface area (Å²) < 4.78 is 0. The van der Waals surface area contributed by atoms with Crippen LogP contribution in [0.25, 0.3) is 0 Å². The van der Waals surface area contributed by atoms with Gasteiger partial charge in [0.15, 0.2) is 0 Å². The predicted molar refractivity (Wildman–Crippen MR) is 70.9 cm³/mol. The van der Waals surface area contributed by atoms with Gasteiger partial charge in [-0.15, -0.1) is 0 Å². The number of pyridine rings is 1. The summed E-state index contributed by atoms with van der Waals surface area (Å²) in [4.78, 5) is 18.4. The van der Waals surface area contributed by atoms with E-state index in [4.69, 9.17) is 5.73 Å². The number of carbonyl (C=O) groups is 1. The summed E-state index contributed by atoms with van der Waals surface area (Å²) in [6, 6.07) is 5.89. The molecule has 2 N–H and O–H groups in total. The maximum Gasteiger partial charge on any atom is 0.223 e. The fourth-order valence-corrected chi connectivity index (χ4v) is 2.65. The third-order valence-electron chi connectivity index (χ3n) is 3.53. The van der Waals surface area contributed by atoms with E-state index in [1.807, 2.05) is 23.1 Å². The zero-order valence-corrected chi connectivity index (χ0v) is 11.1. The highest BCUT2D eigenvalue weighted by Gasteiger charge is 2.39. The zero-order valence-electron chi connectivity index (χ0n) is 11.1. The quantitative estimate of drug-likeness (QED) is 0.877. The van der Waals surface area contributed by atoms with Gasteiger partial charge in [0.1, 0.15) is 0 Å². The second-order valence-electron chi connectivity index (χ2n) is 5.60. The Hall–Kier alpha value is -1.42. The maximum absolute atomic E-state index is 12.2. The van der Waals surface area contributed by atoms with E-state index in [0.717, 1.165) is 12.1 Å². The Bertz CT molecular complexity index is 416. The first-order valence-electron chi connectivity index (χ1n) is 6.45. The van der Waals surface area contributed by atoms with Crippen LogP contribution in [0.5, 0.6) is 0 Å². The first-order valence-corrected chi connectivity index (χ1v) is 6.45. The van der Waals surface area contributed by atoms with Crippen LogP contribution in [0.2, 0.25) is 0 Å². The second-order valence-corrected chi connectivity index (χ2v) is 5.60. The summed E-state index contributed by atoms with van der Waals surface area (Å²) in [5, 5.41) is 0. The third-order valence-corrected chi connectivity index (χ3v) is 3.53. The smallest absolute Gasteiger partial charge is 0.223 e. The number of rotatable bonds is 3. The fourth-order valence-electron chi connectivity index (χ4n) is 2.65. The van der Waals surface area contributed by atoms with E-state index in [0.29, 0.717) is 19.4 Å². The van der Waals surface area contributed by atoms with E-state index in [1.54, 1.807) is 6.20 Å². The number of aromatic nitrogens is 1. The van der Waals surface area contributed by atoms with Crippen molar-refractivity contribution in [2.45, 2.75) is 44.7 Å². The van der Waals surface area contributed by atoms with Crippen LogP contribution in [-0.2, 0) is 11.2 Å². The third kappa shape index (κ3) is 2.88. The SMILES string of the molecule is CC1(C)CC(N)CN1C(=O)CCc1ccccn1. The van der Waals surface area contributed by atoms with Crippen LogP contribution in [0.15, 0.2) is 24.4 Å². The molecular weight excluding hydrogens is 226 g/mol. The Morgan fingerprint density at radius 1 is 1.56 bits per heavy atom. The van der Waals surface area contributed by atoms with Crippen molar-refractivity contribution in [3.63, 3.8) is 0 Å². The zero-order chi connectivity index (χ0) is 13.2. The van der Waals surface area contributed by atoms with Crippen molar-refractivity contribution < 1.29 is 4.79 Å². The highest BCUT2D eigenvalue weighted by Crippen LogP contribution is 2.28.